The molecule has 0 N–H and O–H groups in total. The lowest BCUT2D eigenvalue weighted by Gasteiger charge is -2.10. The first-order valence-electron chi connectivity index (χ1n) is 6.23. The molecule has 0 radical (unpaired) electrons. The second-order valence-electron chi connectivity index (χ2n) is 4.36. The van der Waals surface area contributed by atoms with Gasteiger partial charge < -0.3 is 9.47 Å². The average molecular weight is 311 g/mol. The number of benzene rings is 1. The molecule has 0 fully saturated rings. The van der Waals surface area contributed by atoms with E-state index in [4.69, 9.17) is 4.74 Å². The van der Waals surface area contributed by atoms with Crippen molar-refractivity contribution < 1.29 is 27.4 Å². The minimum absolute atomic E-state index is 0.0375. The zero-order chi connectivity index (χ0) is 16.2. The Morgan fingerprint density at radius 1 is 1.23 bits per heavy atom. The molecule has 2 aromatic rings. The zero-order valence-corrected chi connectivity index (χ0v) is 11.6. The Hall–Kier alpha value is -2.57. The van der Waals surface area contributed by atoms with Gasteiger partial charge in [-0.2, -0.15) is 13.2 Å². The standard InChI is InChI=1S/C15H12F3NO3/c1-21-14(20)13-6-5-10(8-19-13)9-22-12-4-2-3-11(7-12)15(16,17)18/h2-8H,9H2,1H3. The van der Waals surface area contributed by atoms with Crippen LogP contribution in [0.4, 0.5) is 13.2 Å². The maximum absolute atomic E-state index is 12.6. The van der Waals surface area contributed by atoms with Crippen LogP contribution in [0.1, 0.15) is 21.6 Å². The molecule has 4 nitrogen and oxygen atoms in total. The summed E-state index contributed by atoms with van der Waals surface area (Å²) in [5.74, 6) is -0.461. The van der Waals surface area contributed by atoms with Crippen molar-refractivity contribution in [1.82, 2.24) is 4.98 Å². The largest absolute Gasteiger partial charge is 0.489 e. The SMILES string of the molecule is COC(=O)c1ccc(COc2cccc(C(F)(F)F)c2)cn1. The van der Waals surface area contributed by atoms with Crippen LogP contribution in [0.2, 0.25) is 0 Å². The van der Waals surface area contributed by atoms with Gasteiger partial charge in [0.1, 0.15) is 18.1 Å². The minimum Gasteiger partial charge on any atom is -0.489 e. The molecule has 1 aromatic heterocycles. The molecule has 116 valence electrons. The van der Waals surface area contributed by atoms with Crippen LogP contribution >= 0.6 is 0 Å². The summed E-state index contributed by atoms with van der Waals surface area (Å²) >= 11 is 0. The molecule has 0 aliphatic rings. The summed E-state index contributed by atoms with van der Waals surface area (Å²) in [7, 11) is 1.24. The fourth-order valence-corrected chi connectivity index (χ4v) is 1.66. The van der Waals surface area contributed by atoms with Crippen LogP contribution in [0.15, 0.2) is 42.6 Å². The summed E-state index contributed by atoms with van der Waals surface area (Å²) in [5, 5.41) is 0. The number of esters is 1. The number of ether oxygens (including phenoxy) is 2. The summed E-state index contributed by atoms with van der Waals surface area (Å²) in [6, 6.07) is 7.65. The molecule has 1 aromatic carbocycles. The fraction of sp³-hybridized carbons (Fsp3) is 0.200. The Balaban J connectivity index is 2.03. The Bertz CT molecular complexity index is 654. The van der Waals surface area contributed by atoms with Gasteiger partial charge in [0.25, 0.3) is 0 Å². The van der Waals surface area contributed by atoms with Crippen molar-refractivity contribution in [2.75, 3.05) is 7.11 Å². The highest BCUT2D eigenvalue weighted by atomic mass is 19.4. The Morgan fingerprint density at radius 2 is 2.00 bits per heavy atom. The number of nitrogens with zero attached hydrogens (tertiary/aromatic N) is 1. The molecule has 1 heterocycles. The monoisotopic (exact) mass is 311 g/mol. The molecule has 0 amide bonds. The predicted molar refractivity (Wildman–Crippen MR) is 71.4 cm³/mol. The molecule has 0 unspecified atom stereocenters. The van der Waals surface area contributed by atoms with Crippen molar-refractivity contribution in [3.05, 3.63) is 59.4 Å². The first-order chi connectivity index (χ1) is 10.4. The lowest BCUT2D eigenvalue weighted by atomic mass is 10.2. The fourth-order valence-electron chi connectivity index (χ4n) is 1.66. The predicted octanol–water partition coefficient (Wildman–Crippen LogP) is 3.47. The van der Waals surface area contributed by atoms with Crippen LogP contribution in [0.25, 0.3) is 0 Å². The van der Waals surface area contributed by atoms with E-state index in [1.165, 1.54) is 31.5 Å². The Morgan fingerprint density at radius 3 is 2.59 bits per heavy atom. The molecule has 7 heteroatoms. The number of rotatable bonds is 4. The van der Waals surface area contributed by atoms with E-state index in [1.807, 2.05) is 0 Å². The first-order valence-corrected chi connectivity index (χ1v) is 6.23. The number of carbonyl (C=O) groups is 1. The van der Waals surface area contributed by atoms with Gasteiger partial charge in [-0.1, -0.05) is 12.1 Å². The van der Waals surface area contributed by atoms with E-state index in [-0.39, 0.29) is 18.1 Å². The summed E-state index contributed by atoms with van der Waals surface area (Å²) in [4.78, 5) is 15.1. The van der Waals surface area contributed by atoms with Gasteiger partial charge >= 0.3 is 12.1 Å². The summed E-state index contributed by atoms with van der Waals surface area (Å²) in [5.41, 5.74) is -0.0143. The third-order valence-corrected chi connectivity index (χ3v) is 2.79. The number of pyridine rings is 1. The van der Waals surface area contributed by atoms with E-state index in [1.54, 1.807) is 6.07 Å². The number of hydrogen-bond donors (Lipinski definition) is 0. The van der Waals surface area contributed by atoms with Crippen molar-refractivity contribution in [3.63, 3.8) is 0 Å². The molecule has 0 spiro atoms. The van der Waals surface area contributed by atoms with Gasteiger partial charge in [-0.05, 0) is 24.3 Å². The lowest BCUT2D eigenvalue weighted by Crippen LogP contribution is -2.06. The van der Waals surface area contributed by atoms with Gasteiger partial charge in [0.2, 0.25) is 0 Å². The van der Waals surface area contributed by atoms with E-state index in [2.05, 4.69) is 9.72 Å². The molecular weight excluding hydrogens is 299 g/mol. The summed E-state index contributed by atoms with van der Waals surface area (Å²) in [6.45, 7) is 0.0375. The van der Waals surface area contributed by atoms with Crippen LogP contribution in [0.3, 0.4) is 0 Å². The average Bonchev–Trinajstić information content (AvgIpc) is 2.52. The van der Waals surface area contributed by atoms with Gasteiger partial charge in [0, 0.05) is 11.8 Å². The highest BCUT2D eigenvalue weighted by Gasteiger charge is 2.30. The second-order valence-corrected chi connectivity index (χ2v) is 4.36. The molecule has 2 rings (SSSR count). The van der Waals surface area contributed by atoms with E-state index in [9.17, 15) is 18.0 Å². The zero-order valence-electron chi connectivity index (χ0n) is 11.6. The van der Waals surface area contributed by atoms with Crippen molar-refractivity contribution in [1.29, 1.82) is 0 Å². The molecular formula is C15H12F3NO3. The van der Waals surface area contributed by atoms with Crippen molar-refractivity contribution >= 4 is 5.97 Å². The van der Waals surface area contributed by atoms with Crippen LogP contribution in [-0.2, 0) is 17.5 Å². The van der Waals surface area contributed by atoms with Gasteiger partial charge in [0.05, 0.1) is 12.7 Å². The molecule has 0 aliphatic carbocycles. The van der Waals surface area contributed by atoms with E-state index in [0.717, 1.165) is 12.1 Å². The number of alkyl halides is 3. The van der Waals surface area contributed by atoms with E-state index >= 15 is 0 Å². The molecule has 22 heavy (non-hydrogen) atoms. The van der Waals surface area contributed by atoms with Crippen molar-refractivity contribution in [2.24, 2.45) is 0 Å². The number of hydrogen-bond acceptors (Lipinski definition) is 4. The molecule has 0 atom stereocenters. The minimum atomic E-state index is -4.41. The number of halogens is 3. The number of methoxy groups -OCH3 is 1. The van der Waals surface area contributed by atoms with Gasteiger partial charge in [-0.25, -0.2) is 9.78 Å². The van der Waals surface area contributed by atoms with Crippen LogP contribution in [0, 0.1) is 0 Å². The van der Waals surface area contributed by atoms with Crippen LogP contribution in [0.5, 0.6) is 5.75 Å². The summed E-state index contributed by atoms with van der Waals surface area (Å²) in [6.07, 6.45) is -3.01. The maximum atomic E-state index is 12.6. The molecule has 0 aliphatic heterocycles. The molecule has 0 saturated heterocycles. The van der Waals surface area contributed by atoms with Gasteiger partial charge in [-0.15, -0.1) is 0 Å². The van der Waals surface area contributed by atoms with Crippen molar-refractivity contribution in [2.45, 2.75) is 12.8 Å². The first kappa shape index (κ1) is 15.8. The smallest absolute Gasteiger partial charge is 0.416 e. The molecule has 0 bridgehead atoms. The Labute approximate surface area is 124 Å². The normalized spacial score (nSPS) is 11.1. The topological polar surface area (TPSA) is 48.4 Å². The number of aromatic nitrogens is 1. The van der Waals surface area contributed by atoms with Crippen molar-refractivity contribution in [3.8, 4) is 5.75 Å². The highest BCUT2D eigenvalue weighted by Crippen LogP contribution is 2.31. The quantitative estimate of drug-likeness (QED) is 0.811. The molecule has 0 saturated carbocycles. The maximum Gasteiger partial charge on any atom is 0.416 e. The summed E-state index contributed by atoms with van der Waals surface area (Å²) < 4.78 is 47.5. The van der Waals surface area contributed by atoms with E-state index < -0.39 is 17.7 Å². The van der Waals surface area contributed by atoms with Crippen LogP contribution in [-0.4, -0.2) is 18.1 Å². The highest BCUT2D eigenvalue weighted by molar-refractivity contribution is 5.86. The van der Waals surface area contributed by atoms with Crippen LogP contribution < -0.4 is 4.74 Å². The Kier molecular flexibility index (Phi) is 4.65. The third-order valence-electron chi connectivity index (χ3n) is 2.79. The lowest BCUT2D eigenvalue weighted by molar-refractivity contribution is -0.137. The van der Waals surface area contributed by atoms with Gasteiger partial charge in [-0.3, -0.25) is 0 Å². The van der Waals surface area contributed by atoms with E-state index in [0.29, 0.717) is 5.56 Å². The van der Waals surface area contributed by atoms with Gasteiger partial charge in [0.15, 0.2) is 0 Å². The third kappa shape index (κ3) is 3.97. The second kappa shape index (κ2) is 6.46. The number of carbonyl (C=O) groups excluding carboxylic acids is 1.